The Morgan fingerprint density at radius 1 is 1.10 bits per heavy atom. The van der Waals surface area contributed by atoms with Crippen LogP contribution in [0, 0.1) is 10.1 Å². The van der Waals surface area contributed by atoms with Crippen LogP contribution in [0.3, 0.4) is 0 Å². The van der Waals surface area contributed by atoms with E-state index in [1.807, 2.05) is 0 Å². The molecule has 6 nitrogen and oxygen atoms in total. The first kappa shape index (κ1) is 17.0. The Morgan fingerprint density at radius 2 is 1.62 bits per heavy atom. The third kappa shape index (κ3) is 3.53. The molecule has 0 saturated heterocycles. The average Bonchev–Trinajstić information content (AvgIpc) is 2.25. The lowest BCUT2D eigenvalue weighted by Crippen LogP contribution is -2.29. The summed E-state index contributed by atoms with van der Waals surface area (Å²) in [5.41, 5.74) is -9.64. The van der Waals surface area contributed by atoms with Crippen LogP contribution in [0.15, 0.2) is 18.2 Å². The van der Waals surface area contributed by atoms with E-state index in [0.717, 1.165) is 0 Å². The molecule has 21 heavy (non-hydrogen) atoms. The molecule has 0 spiro atoms. The Morgan fingerprint density at radius 3 is 2.00 bits per heavy atom. The molecule has 0 bridgehead atoms. The number of hydrogen-bond donors (Lipinski definition) is 0. The lowest BCUT2D eigenvalue weighted by atomic mass is 10.1. The van der Waals surface area contributed by atoms with Crippen LogP contribution in [0.2, 0.25) is 0 Å². The van der Waals surface area contributed by atoms with Crippen LogP contribution in [-0.2, 0) is 16.3 Å². The highest BCUT2D eigenvalue weighted by molar-refractivity contribution is 7.88. The second-order valence-corrected chi connectivity index (χ2v) is 4.93. The molecule has 0 aliphatic carbocycles. The number of hydrogen-bond acceptors (Lipinski definition) is 5. The molecule has 0 aliphatic rings. The van der Waals surface area contributed by atoms with Gasteiger partial charge in [-0.15, -0.1) is 0 Å². The summed E-state index contributed by atoms with van der Waals surface area (Å²) in [7, 11) is -6.49. The number of halogens is 6. The van der Waals surface area contributed by atoms with Gasteiger partial charge in [0.05, 0.1) is 4.92 Å². The second kappa shape index (κ2) is 5.05. The van der Waals surface area contributed by atoms with Gasteiger partial charge in [0.15, 0.2) is 0 Å². The molecule has 1 aromatic rings. The number of nitrogens with zero attached hydrogens (tertiary/aromatic N) is 1. The predicted molar refractivity (Wildman–Crippen MR) is 53.7 cm³/mol. The first-order valence-electron chi connectivity index (χ1n) is 4.62. The van der Waals surface area contributed by atoms with Gasteiger partial charge in [0.1, 0.15) is 5.56 Å². The van der Waals surface area contributed by atoms with Crippen LogP contribution in [0.1, 0.15) is 5.56 Å². The van der Waals surface area contributed by atoms with Gasteiger partial charge in [0, 0.05) is 6.07 Å². The average molecular weight is 339 g/mol. The molecule has 0 atom stereocenters. The molecule has 0 aliphatic heterocycles. The van der Waals surface area contributed by atoms with E-state index >= 15 is 0 Å². The van der Waals surface area contributed by atoms with E-state index in [1.54, 1.807) is 0 Å². The molecule has 0 amide bonds. The number of alkyl halides is 6. The Bertz CT molecular complexity index is 665. The maximum absolute atomic E-state index is 12.6. The van der Waals surface area contributed by atoms with Crippen molar-refractivity contribution >= 4 is 15.8 Å². The number of para-hydroxylation sites is 1. The van der Waals surface area contributed by atoms with E-state index in [1.165, 1.54) is 0 Å². The van der Waals surface area contributed by atoms with Crippen LogP contribution in [0.25, 0.3) is 0 Å². The van der Waals surface area contributed by atoms with Gasteiger partial charge in [-0.2, -0.15) is 34.8 Å². The van der Waals surface area contributed by atoms with Crippen LogP contribution in [0.4, 0.5) is 32.0 Å². The molecule has 0 saturated carbocycles. The van der Waals surface area contributed by atoms with Crippen LogP contribution < -0.4 is 4.18 Å². The number of benzene rings is 1. The van der Waals surface area contributed by atoms with Crippen molar-refractivity contribution in [2.75, 3.05) is 0 Å². The van der Waals surface area contributed by atoms with Gasteiger partial charge in [-0.3, -0.25) is 10.1 Å². The highest BCUT2D eigenvalue weighted by Gasteiger charge is 2.51. The van der Waals surface area contributed by atoms with Crippen molar-refractivity contribution in [3.05, 3.63) is 33.9 Å². The second-order valence-electron chi connectivity index (χ2n) is 3.39. The maximum atomic E-state index is 12.6. The van der Waals surface area contributed by atoms with E-state index in [0.29, 0.717) is 12.1 Å². The smallest absolute Gasteiger partial charge is 0.368 e. The fourth-order valence-electron chi connectivity index (χ4n) is 1.14. The highest BCUT2D eigenvalue weighted by Crippen LogP contribution is 2.43. The molecule has 0 unspecified atom stereocenters. The number of nitro groups is 1. The van der Waals surface area contributed by atoms with E-state index in [2.05, 4.69) is 4.18 Å². The summed E-state index contributed by atoms with van der Waals surface area (Å²) >= 11 is 0. The van der Waals surface area contributed by atoms with Crippen molar-refractivity contribution in [2.24, 2.45) is 0 Å². The zero-order valence-corrected chi connectivity index (χ0v) is 10.2. The number of rotatable bonds is 3. The van der Waals surface area contributed by atoms with Crippen LogP contribution in [0.5, 0.6) is 5.75 Å². The van der Waals surface area contributed by atoms with Crippen molar-refractivity contribution in [3.8, 4) is 5.75 Å². The maximum Gasteiger partial charge on any atom is 0.534 e. The Balaban J connectivity index is 3.57. The van der Waals surface area contributed by atoms with Crippen molar-refractivity contribution < 1.29 is 43.9 Å². The van der Waals surface area contributed by atoms with Crippen LogP contribution >= 0.6 is 0 Å². The molecular weight excluding hydrogens is 336 g/mol. The Labute approximate surface area is 112 Å². The fourth-order valence-corrected chi connectivity index (χ4v) is 1.63. The molecule has 0 N–H and O–H groups in total. The highest BCUT2D eigenvalue weighted by atomic mass is 32.2. The van der Waals surface area contributed by atoms with Gasteiger partial charge < -0.3 is 4.18 Å². The van der Waals surface area contributed by atoms with Gasteiger partial charge in [-0.05, 0) is 6.07 Å². The first-order chi connectivity index (χ1) is 9.27. The fraction of sp³-hybridized carbons (Fsp3) is 0.250. The van der Waals surface area contributed by atoms with E-state index in [9.17, 15) is 44.9 Å². The van der Waals surface area contributed by atoms with Crippen molar-refractivity contribution in [1.29, 1.82) is 0 Å². The summed E-state index contributed by atoms with van der Waals surface area (Å²) < 4.78 is 98.9. The van der Waals surface area contributed by atoms with Crippen molar-refractivity contribution in [3.63, 3.8) is 0 Å². The first-order valence-corrected chi connectivity index (χ1v) is 6.03. The van der Waals surface area contributed by atoms with Gasteiger partial charge in [0.2, 0.25) is 5.75 Å². The minimum Gasteiger partial charge on any atom is -0.368 e. The SMILES string of the molecule is O=[N+]([O-])c1cccc(C(F)(F)F)c1OS(=O)(=O)C(F)(F)F. The minimum atomic E-state index is -6.49. The summed E-state index contributed by atoms with van der Waals surface area (Å²) in [5, 5.41) is 10.5. The number of nitro benzene ring substituents is 1. The van der Waals surface area contributed by atoms with E-state index < -0.39 is 43.7 Å². The summed E-state index contributed by atoms with van der Waals surface area (Å²) in [4.78, 5) is 9.02. The molecular formula is C8H3F6NO5S. The van der Waals surface area contributed by atoms with E-state index in [-0.39, 0.29) is 6.07 Å². The molecule has 0 fully saturated rings. The third-order valence-corrected chi connectivity index (χ3v) is 2.93. The monoisotopic (exact) mass is 339 g/mol. The molecule has 0 aromatic heterocycles. The topological polar surface area (TPSA) is 86.5 Å². The zero-order valence-electron chi connectivity index (χ0n) is 9.40. The molecule has 0 radical (unpaired) electrons. The summed E-state index contributed by atoms with van der Waals surface area (Å²) in [6.45, 7) is 0. The molecule has 118 valence electrons. The Hall–Kier alpha value is -2.05. The van der Waals surface area contributed by atoms with Crippen molar-refractivity contribution in [2.45, 2.75) is 11.7 Å². The molecule has 0 heterocycles. The molecule has 1 rings (SSSR count). The van der Waals surface area contributed by atoms with Crippen LogP contribution in [-0.4, -0.2) is 18.8 Å². The quantitative estimate of drug-likeness (QED) is 0.278. The lowest BCUT2D eigenvalue weighted by molar-refractivity contribution is -0.385. The molecule has 1 aromatic carbocycles. The normalized spacial score (nSPS) is 13.0. The summed E-state index contributed by atoms with van der Waals surface area (Å²) in [6, 6.07) is 1.04. The predicted octanol–water partition coefficient (Wildman–Crippen LogP) is 2.84. The van der Waals surface area contributed by atoms with Gasteiger partial charge in [0.25, 0.3) is 0 Å². The van der Waals surface area contributed by atoms with E-state index in [4.69, 9.17) is 0 Å². The standard InChI is InChI=1S/C8H3F6NO5S/c9-7(10,11)4-2-1-3-5(15(16)17)6(4)20-21(18,19)8(12,13)14/h1-3H. The zero-order chi connectivity index (χ0) is 16.6. The van der Waals surface area contributed by atoms with Gasteiger partial charge in [-0.25, -0.2) is 0 Å². The van der Waals surface area contributed by atoms with Gasteiger partial charge in [-0.1, -0.05) is 6.07 Å². The third-order valence-electron chi connectivity index (χ3n) is 1.97. The molecule has 13 heteroatoms. The van der Waals surface area contributed by atoms with Gasteiger partial charge >= 0.3 is 27.5 Å². The summed E-state index contributed by atoms with van der Waals surface area (Å²) in [5.74, 6) is -2.05. The largest absolute Gasteiger partial charge is 0.534 e. The lowest BCUT2D eigenvalue weighted by Gasteiger charge is -2.14. The van der Waals surface area contributed by atoms with Crippen molar-refractivity contribution in [1.82, 2.24) is 0 Å². The Kier molecular flexibility index (Phi) is 4.09. The summed E-state index contributed by atoms with van der Waals surface area (Å²) in [6.07, 6.45) is -5.36. The minimum absolute atomic E-state index is 0.147.